The Morgan fingerprint density at radius 3 is 2.59 bits per heavy atom. The quantitative estimate of drug-likeness (QED) is 0.619. The summed E-state index contributed by atoms with van der Waals surface area (Å²) in [5, 5.41) is 1.76. The number of nitrogens with one attached hydrogen (secondary N) is 1. The van der Waals surface area contributed by atoms with Crippen molar-refractivity contribution in [1.82, 2.24) is 5.32 Å². The minimum absolute atomic E-state index is 0.0424. The smallest absolute Gasteiger partial charge is 0.413 e. The van der Waals surface area contributed by atoms with Crippen molar-refractivity contribution < 1.29 is 22.7 Å². The molecule has 0 aliphatic carbocycles. The van der Waals surface area contributed by atoms with E-state index < -0.39 is 37.1 Å². The number of carbonyl (C=O) groups excluding carboxylic acids is 1. The summed E-state index contributed by atoms with van der Waals surface area (Å²) < 4.78 is 37.0. The SMILES string of the molecule is CC(C)(C)OC(=O)NC1=N[C@]2(C)c3cc(N)ccc3OCCC2S(=O)(=O)C1(C)C. The Labute approximate surface area is 171 Å². The van der Waals surface area contributed by atoms with Crippen molar-refractivity contribution in [2.75, 3.05) is 12.3 Å². The number of aliphatic imine (C=N–C) groups is 1. The zero-order valence-corrected chi connectivity index (χ0v) is 18.5. The van der Waals surface area contributed by atoms with Crippen LogP contribution in [0.25, 0.3) is 0 Å². The van der Waals surface area contributed by atoms with Gasteiger partial charge in [0.2, 0.25) is 0 Å². The first-order valence-electron chi connectivity index (χ1n) is 9.55. The summed E-state index contributed by atoms with van der Waals surface area (Å²) in [5.74, 6) is 0.584. The molecule has 2 heterocycles. The molecule has 0 saturated carbocycles. The Kier molecular flexibility index (Phi) is 4.89. The number of benzene rings is 1. The maximum absolute atomic E-state index is 13.6. The first-order chi connectivity index (χ1) is 13.2. The topological polar surface area (TPSA) is 120 Å². The lowest BCUT2D eigenvalue weighted by molar-refractivity contribution is 0.0560. The summed E-state index contributed by atoms with van der Waals surface area (Å²) in [6.45, 7) is 10.3. The van der Waals surface area contributed by atoms with E-state index in [9.17, 15) is 13.2 Å². The molecule has 1 unspecified atom stereocenters. The van der Waals surface area contributed by atoms with Gasteiger partial charge in [-0.15, -0.1) is 0 Å². The van der Waals surface area contributed by atoms with Gasteiger partial charge in [-0.05, 0) is 59.7 Å². The van der Waals surface area contributed by atoms with E-state index >= 15 is 0 Å². The first-order valence-corrected chi connectivity index (χ1v) is 11.1. The Bertz CT molecular complexity index is 978. The molecule has 2 aliphatic rings. The number of rotatable bonds is 0. The molecule has 0 fully saturated rings. The van der Waals surface area contributed by atoms with Gasteiger partial charge in [-0.2, -0.15) is 0 Å². The van der Waals surface area contributed by atoms with Gasteiger partial charge in [-0.25, -0.2) is 13.2 Å². The minimum Gasteiger partial charge on any atom is -0.493 e. The number of amidine groups is 1. The van der Waals surface area contributed by atoms with Crippen molar-refractivity contribution >= 4 is 27.5 Å². The number of anilines is 1. The molecular formula is C20H29N3O5S. The molecule has 2 atom stereocenters. The van der Waals surface area contributed by atoms with Gasteiger partial charge in [0, 0.05) is 17.7 Å². The van der Waals surface area contributed by atoms with Gasteiger partial charge in [-0.3, -0.25) is 10.3 Å². The molecule has 8 nitrogen and oxygen atoms in total. The summed E-state index contributed by atoms with van der Waals surface area (Å²) in [5.41, 5.74) is 5.14. The number of alkyl carbamates (subject to hydrolysis) is 1. The number of carbonyl (C=O) groups is 1. The maximum Gasteiger partial charge on any atom is 0.413 e. The number of fused-ring (bicyclic) bond motifs is 3. The summed E-state index contributed by atoms with van der Waals surface area (Å²) in [6.07, 6.45) is -0.473. The van der Waals surface area contributed by atoms with Gasteiger partial charge in [0.05, 0.1) is 11.9 Å². The molecule has 9 heteroatoms. The molecule has 0 aromatic heterocycles. The molecule has 3 N–H and O–H groups in total. The zero-order chi connectivity index (χ0) is 21.8. The van der Waals surface area contributed by atoms with Crippen molar-refractivity contribution in [3.63, 3.8) is 0 Å². The highest BCUT2D eigenvalue weighted by Gasteiger charge is 2.58. The number of hydrogen-bond acceptors (Lipinski definition) is 7. The second kappa shape index (κ2) is 6.62. The summed E-state index contributed by atoms with van der Waals surface area (Å²) in [7, 11) is -3.76. The van der Waals surface area contributed by atoms with Crippen molar-refractivity contribution in [3.8, 4) is 5.75 Å². The number of nitrogens with zero attached hydrogens (tertiary/aromatic N) is 1. The van der Waals surface area contributed by atoms with Crippen molar-refractivity contribution in [3.05, 3.63) is 23.8 Å². The van der Waals surface area contributed by atoms with Crippen LogP contribution < -0.4 is 15.8 Å². The van der Waals surface area contributed by atoms with Crippen molar-refractivity contribution in [1.29, 1.82) is 0 Å². The van der Waals surface area contributed by atoms with Gasteiger partial charge < -0.3 is 15.2 Å². The average molecular weight is 424 g/mol. The zero-order valence-electron chi connectivity index (χ0n) is 17.7. The molecule has 1 aromatic rings. The third-order valence-electron chi connectivity index (χ3n) is 5.43. The van der Waals surface area contributed by atoms with Crippen LogP contribution in [0.3, 0.4) is 0 Å². The number of ether oxygens (including phenoxy) is 2. The molecule has 0 bridgehead atoms. The number of sulfone groups is 1. The van der Waals surface area contributed by atoms with Gasteiger partial charge in [-0.1, -0.05) is 0 Å². The monoisotopic (exact) mass is 423 g/mol. The molecular weight excluding hydrogens is 394 g/mol. The van der Waals surface area contributed by atoms with Crippen molar-refractivity contribution in [2.45, 2.75) is 69.1 Å². The minimum atomic E-state index is -3.76. The standard InChI is InChI=1S/C20H29N3O5S/c1-18(2,3)28-17(24)22-16-19(4,5)29(25,26)15-9-10-27-14-8-7-12(21)11-13(14)20(15,6)23-16/h7-8,11,15H,9-10,21H2,1-6H3,(H,22,23,24)/t15?,20-/m1/s1. The third kappa shape index (κ3) is 3.56. The van der Waals surface area contributed by atoms with Crippen LogP contribution in [0.4, 0.5) is 10.5 Å². The van der Waals surface area contributed by atoms with E-state index in [0.29, 0.717) is 17.0 Å². The van der Waals surface area contributed by atoms with Crippen LogP contribution in [-0.2, 0) is 20.1 Å². The molecule has 1 aromatic carbocycles. The molecule has 0 radical (unpaired) electrons. The Morgan fingerprint density at radius 1 is 1.31 bits per heavy atom. The Hall–Kier alpha value is -2.29. The normalized spacial score (nSPS) is 27.4. The van der Waals surface area contributed by atoms with E-state index in [1.165, 1.54) is 0 Å². The van der Waals surface area contributed by atoms with Crippen LogP contribution in [0.1, 0.15) is 53.5 Å². The van der Waals surface area contributed by atoms with Gasteiger partial charge in [0.15, 0.2) is 9.84 Å². The second-order valence-electron chi connectivity index (χ2n) is 9.17. The lowest BCUT2D eigenvalue weighted by Crippen LogP contribution is -2.61. The van der Waals surface area contributed by atoms with E-state index in [2.05, 4.69) is 5.32 Å². The summed E-state index contributed by atoms with van der Waals surface area (Å²) in [4.78, 5) is 17.2. The third-order valence-corrected chi connectivity index (χ3v) is 8.49. The van der Waals surface area contributed by atoms with Gasteiger partial charge in [0.25, 0.3) is 0 Å². The number of hydrogen-bond donors (Lipinski definition) is 2. The van der Waals surface area contributed by atoms with E-state index in [1.807, 2.05) is 0 Å². The highest BCUT2D eigenvalue weighted by molar-refractivity contribution is 7.94. The predicted molar refractivity (Wildman–Crippen MR) is 112 cm³/mol. The number of nitrogens with two attached hydrogens (primary N) is 1. The van der Waals surface area contributed by atoms with Gasteiger partial charge in [0.1, 0.15) is 27.5 Å². The fraction of sp³-hybridized carbons (Fsp3) is 0.600. The van der Waals surface area contributed by atoms with Crippen LogP contribution >= 0.6 is 0 Å². The van der Waals surface area contributed by atoms with Gasteiger partial charge >= 0.3 is 6.09 Å². The van der Waals surface area contributed by atoms with E-state index in [1.54, 1.807) is 59.7 Å². The average Bonchev–Trinajstić information content (AvgIpc) is 2.69. The highest BCUT2D eigenvalue weighted by Crippen LogP contribution is 2.48. The first kappa shape index (κ1) is 21.4. The van der Waals surface area contributed by atoms with Crippen LogP contribution in [-0.4, -0.2) is 42.6 Å². The van der Waals surface area contributed by atoms with Crippen LogP contribution in [0.15, 0.2) is 23.2 Å². The molecule has 1 amide bonds. The van der Waals surface area contributed by atoms with E-state index in [-0.39, 0.29) is 18.9 Å². The molecule has 2 aliphatic heterocycles. The highest BCUT2D eigenvalue weighted by atomic mass is 32.2. The Balaban J connectivity index is 2.18. The van der Waals surface area contributed by atoms with Crippen LogP contribution in [0.5, 0.6) is 5.75 Å². The van der Waals surface area contributed by atoms with E-state index in [4.69, 9.17) is 20.2 Å². The van der Waals surface area contributed by atoms with Crippen LogP contribution in [0, 0.1) is 0 Å². The lowest BCUT2D eigenvalue weighted by Gasteiger charge is -2.44. The molecule has 3 rings (SSSR count). The lowest BCUT2D eigenvalue weighted by atomic mass is 9.86. The fourth-order valence-electron chi connectivity index (χ4n) is 3.82. The van der Waals surface area contributed by atoms with E-state index in [0.717, 1.165) is 0 Å². The number of nitrogen functional groups attached to an aromatic ring is 1. The largest absolute Gasteiger partial charge is 0.493 e. The van der Waals surface area contributed by atoms with Crippen LogP contribution in [0.2, 0.25) is 0 Å². The second-order valence-corrected chi connectivity index (χ2v) is 11.9. The number of amides is 1. The Morgan fingerprint density at radius 2 is 1.97 bits per heavy atom. The van der Waals surface area contributed by atoms with Crippen molar-refractivity contribution in [2.24, 2.45) is 4.99 Å². The molecule has 160 valence electrons. The summed E-state index contributed by atoms with van der Waals surface area (Å²) in [6, 6.07) is 5.12. The summed E-state index contributed by atoms with van der Waals surface area (Å²) >= 11 is 0. The molecule has 0 spiro atoms. The molecule has 0 saturated heterocycles. The fourth-order valence-corrected chi connectivity index (χ4v) is 6.09. The predicted octanol–water partition coefficient (Wildman–Crippen LogP) is 2.77. The maximum atomic E-state index is 13.6. The molecule has 29 heavy (non-hydrogen) atoms.